The molecule has 33 heavy (non-hydrogen) atoms. The van der Waals surface area contributed by atoms with Gasteiger partial charge in [0.25, 0.3) is 0 Å². The van der Waals surface area contributed by atoms with E-state index in [-0.39, 0.29) is 12.1 Å². The number of nitrogens with zero attached hydrogens (tertiary/aromatic N) is 2. The van der Waals surface area contributed by atoms with E-state index in [2.05, 4.69) is 39.5 Å². The predicted molar refractivity (Wildman–Crippen MR) is 132 cm³/mol. The Balaban J connectivity index is 1.13. The Morgan fingerprint density at radius 2 is 2.00 bits per heavy atom. The summed E-state index contributed by atoms with van der Waals surface area (Å²) < 4.78 is 11.1. The van der Waals surface area contributed by atoms with Gasteiger partial charge in [-0.25, -0.2) is 4.79 Å². The number of ether oxygens (including phenoxy) is 2. The molecule has 4 rings (SSSR count). The van der Waals surface area contributed by atoms with Gasteiger partial charge in [0, 0.05) is 43.4 Å². The molecule has 2 aliphatic heterocycles. The number of aryl methyl sites for hydroxylation is 1. The molecular weight excluding hydrogens is 440 g/mol. The highest BCUT2D eigenvalue weighted by Gasteiger charge is 2.22. The van der Waals surface area contributed by atoms with Gasteiger partial charge in [0.1, 0.15) is 18.1 Å². The molecule has 2 aromatic carbocycles. The van der Waals surface area contributed by atoms with Crippen molar-refractivity contribution in [1.29, 1.82) is 0 Å². The predicted octanol–water partition coefficient (Wildman–Crippen LogP) is 3.47. The van der Waals surface area contributed by atoms with Crippen LogP contribution in [0.1, 0.15) is 17.5 Å². The van der Waals surface area contributed by atoms with Crippen molar-refractivity contribution in [2.24, 2.45) is 0 Å². The number of amides is 2. The number of fused-ring (bicyclic) bond motifs is 1. The monoisotopic (exact) mass is 472 g/mol. The second-order valence-electron chi connectivity index (χ2n) is 8.70. The molecule has 0 aliphatic carbocycles. The van der Waals surface area contributed by atoms with E-state index in [1.54, 1.807) is 7.11 Å². The highest BCUT2D eigenvalue weighted by molar-refractivity contribution is 6.30. The molecule has 2 amide bonds. The summed E-state index contributed by atoms with van der Waals surface area (Å²) >= 11 is 6.18. The summed E-state index contributed by atoms with van der Waals surface area (Å²) in [5.74, 6) is 1.66. The minimum atomic E-state index is -0.142. The van der Waals surface area contributed by atoms with E-state index in [4.69, 9.17) is 21.1 Å². The van der Waals surface area contributed by atoms with Gasteiger partial charge in [-0.3, -0.25) is 4.90 Å². The standard InChI is InChI=1S/C25H33ClN4O3/c1-18-4-5-20(26)16-23(18)30-12-10-29(11-13-30)9-3-8-27-25(31)28-21-14-19-15-22(32-2)6-7-24(19)33-17-21/h4-7,15-16,21H,3,8-14,17H2,1-2H3,(H2,27,28,31). The van der Waals surface area contributed by atoms with Crippen LogP contribution in [0.4, 0.5) is 10.5 Å². The van der Waals surface area contributed by atoms with Gasteiger partial charge in [-0.2, -0.15) is 0 Å². The molecule has 0 bridgehead atoms. The highest BCUT2D eigenvalue weighted by atomic mass is 35.5. The van der Waals surface area contributed by atoms with E-state index in [0.29, 0.717) is 13.2 Å². The number of nitrogens with one attached hydrogen (secondary N) is 2. The molecule has 0 aromatic heterocycles. The number of hydrogen-bond acceptors (Lipinski definition) is 5. The number of methoxy groups -OCH3 is 1. The lowest BCUT2D eigenvalue weighted by atomic mass is 10.0. The molecule has 1 atom stereocenters. The van der Waals surface area contributed by atoms with Gasteiger partial charge in [0.05, 0.1) is 13.2 Å². The Kier molecular flexibility index (Phi) is 7.83. The van der Waals surface area contributed by atoms with Crippen LogP contribution >= 0.6 is 11.6 Å². The topological polar surface area (TPSA) is 66.1 Å². The Labute approximate surface area is 201 Å². The number of hydrogen-bond donors (Lipinski definition) is 2. The molecule has 1 unspecified atom stereocenters. The fourth-order valence-electron chi connectivity index (χ4n) is 4.47. The van der Waals surface area contributed by atoms with Crippen molar-refractivity contribution in [1.82, 2.24) is 15.5 Å². The number of carbonyl (C=O) groups is 1. The molecule has 0 spiro atoms. The molecule has 2 aliphatic rings. The molecular formula is C25H33ClN4O3. The van der Waals surface area contributed by atoms with Gasteiger partial charge < -0.3 is 25.0 Å². The molecule has 8 heteroatoms. The minimum absolute atomic E-state index is 0.0485. The summed E-state index contributed by atoms with van der Waals surface area (Å²) in [7, 11) is 1.65. The number of rotatable bonds is 7. The zero-order valence-corrected chi connectivity index (χ0v) is 20.2. The van der Waals surface area contributed by atoms with Crippen LogP contribution in [0.15, 0.2) is 36.4 Å². The van der Waals surface area contributed by atoms with Crippen molar-refractivity contribution < 1.29 is 14.3 Å². The third-order valence-corrected chi connectivity index (χ3v) is 6.57. The summed E-state index contributed by atoms with van der Waals surface area (Å²) in [5, 5.41) is 6.79. The van der Waals surface area contributed by atoms with Crippen molar-refractivity contribution in [3.05, 3.63) is 52.5 Å². The lowest BCUT2D eigenvalue weighted by molar-refractivity contribution is 0.213. The fourth-order valence-corrected chi connectivity index (χ4v) is 4.63. The molecule has 1 fully saturated rings. The fraction of sp³-hybridized carbons (Fsp3) is 0.480. The van der Waals surface area contributed by atoms with Crippen LogP contribution in [0.5, 0.6) is 11.5 Å². The molecule has 1 saturated heterocycles. The zero-order valence-electron chi connectivity index (χ0n) is 19.4. The van der Waals surface area contributed by atoms with Crippen molar-refractivity contribution >= 4 is 23.3 Å². The Morgan fingerprint density at radius 3 is 2.79 bits per heavy atom. The van der Waals surface area contributed by atoms with E-state index >= 15 is 0 Å². The van der Waals surface area contributed by atoms with E-state index in [9.17, 15) is 4.79 Å². The molecule has 7 nitrogen and oxygen atoms in total. The van der Waals surface area contributed by atoms with Gasteiger partial charge >= 0.3 is 6.03 Å². The number of carbonyl (C=O) groups excluding carboxylic acids is 1. The van der Waals surface area contributed by atoms with Crippen LogP contribution in [0, 0.1) is 6.92 Å². The van der Waals surface area contributed by atoms with Crippen LogP contribution < -0.4 is 25.0 Å². The number of anilines is 1. The first kappa shape index (κ1) is 23.5. The van der Waals surface area contributed by atoms with Crippen LogP contribution in [0.2, 0.25) is 5.02 Å². The molecule has 2 heterocycles. The maximum Gasteiger partial charge on any atom is 0.315 e. The average Bonchev–Trinajstić information content (AvgIpc) is 2.83. The first-order valence-corrected chi connectivity index (χ1v) is 12.0. The summed E-state index contributed by atoms with van der Waals surface area (Å²) in [4.78, 5) is 17.2. The smallest absolute Gasteiger partial charge is 0.315 e. The maximum atomic E-state index is 12.3. The second-order valence-corrected chi connectivity index (χ2v) is 9.14. The van der Waals surface area contributed by atoms with Crippen molar-refractivity contribution in [3.63, 3.8) is 0 Å². The molecule has 2 N–H and O–H groups in total. The van der Waals surface area contributed by atoms with Gasteiger partial charge in [-0.15, -0.1) is 0 Å². The second kappa shape index (κ2) is 11.0. The van der Waals surface area contributed by atoms with E-state index in [1.165, 1.54) is 11.3 Å². The zero-order chi connectivity index (χ0) is 23.2. The number of halogens is 1. The first-order chi connectivity index (χ1) is 16.0. The summed E-state index contributed by atoms with van der Waals surface area (Å²) in [6.07, 6.45) is 1.65. The van der Waals surface area contributed by atoms with Gasteiger partial charge in [-0.05, 0) is 67.8 Å². The van der Waals surface area contributed by atoms with Gasteiger partial charge in [-0.1, -0.05) is 17.7 Å². The van der Waals surface area contributed by atoms with E-state index in [0.717, 1.165) is 67.7 Å². The summed E-state index contributed by atoms with van der Waals surface area (Å²) in [5.41, 5.74) is 3.54. The highest BCUT2D eigenvalue weighted by Crippen LogP contribution is 2.28. The van der Waals surface area contributed by atoms with Crippen LogP contribution in [-0.2, 0) is 6.42 Å². The summed E-state index contributed by atoms with van der Waals surface area (Å²) in [6, 6.07) is 11.7. The van der Waals surface area contributed by atoms with Crippen molar-refractivity contribution in [2.45, 2.75) is 25.8 Å². The van der Waals surface area contributed by atoms with E-state index in [1.807, 2.05) is 24.3 Å². The molecule has 0 saturated carbocycles. The maximum absolute atomic E-state index is 12.3. The third-order valence-electron chi connectivity index (χ3n) is 6.33. The quantitative estimate of drug-likeness (QED) is 0.604. The normalized spacial score (nSPS) is 18.3. The average molecular weight is 473 g/mol. The molecule has 2 aromatic rings. The van der Waals surface area contributed by atoms with Crippen LogP contribution in [-0.4, -0.2) is 70.0 Å². The summed E-state index contributed by atoms with van der Waals surface area (Å²) in [6.45, 7) is 8.24. The van der Waals surface area contributed by atoms with Crippen molar-refractivity contribution in [3.8, 4) is 11.5 Å². The number of urea groups is 1. The third kappa shape index (κ3) is 6.24. The Bertz CT molecular complexity index is 963. The van der Waals surface area contributed by atoms with Crippen LogP contribution in [0.3, 0.4) is 0 Å². The first-order valence-electron chi connectivity index (χ1n) is 11.6. The van der Waals surface area contributed by atoms with Gasteiger partial charge in [0.2, 0.25) is 0 Å². The lowest BCUT2D eigenvalue weighted by Gasteiger charge is -2.37. The van der Waals surface area contributed by atoms with Crippen molar-refractivity contribution in [2.75, 3.05) is 57.9 Å². The minimum Gasteiger partial charge on any atom is -0.497 e. The van der Waals surface area contributed by atoms with Gasteiger partial charge in [0.15, 0.2) is 0 Å². The van der Waals surface area contributed by atoms with Crippen LogP contribution in [0.25, 0.3) is 0 Å². The SMILES string of the molecule is COc1ccc2c(c1)CC(NC(=O)NCCCN1CCN(c3cc(Cl)ccc3C)CC1)CO2. The number of benzene rings is 2. The Hall–Kier alpha value is -2.64. The Morgan fingerprint density at radius 1 is 1.18 bits per heavy atom. The molecule has 0 radical (unpaired) electrons. The largest absolute Gasteiger partial charge is 0.497 e. The lowest BCUT2D eigenvalue weighted by Crippen LogP contribution is -2.48. The molecule has 178 valence electrons. The number of piperazine rings is 1. The van der Waals surface area contributed by atoms with E-state index < -0.39 is 0 Å².